The maximum atomic E-state index is 6.00. The molecule has 1 saturated carbocycles. The first kappa shape index (κ1) is 21.9. The molecule has 0 aliphatic heterocycles. The van der Waals surface area contributed by atoms with Gasteiger partial charge in [-0.15, -0.1) is 0 Å². The summed E-state index contributed by atoms with van der Waals surface area (Å²) < 4.78 is 6.00. The van der Waals surface area contributed by atoms with E-state index >= 15 is 0 Å². The zero-order valence-corrected chi connectivity index (χ0v) is 19.8. The monoisotopic (exact) mass is 442 g/mol. The van der Waals surface area contributed by atoms with Crippen LogP contribution in [-0.2, 0) is 12.0 Å². The first-order valence-corrected chi connectivity index (χ1v) is 12.0. The highest BCUT2D eigenvalue weighted by molar-refractivity contribution is 5.83. The number of nitrogens with one attached hydrogen (secondary N) is 2. The number of aromatic nitrogens is 2. The number of rotatable bonds is 7. The molecule has 33 heavy (non-hydrogen) atoms. The van der Waals surface area contributed by atoms with Crippen molar-refractivity contribution in [1.29, 1.82) is 0 Å². The third-order valence-electron chi connectivity index (χ3n) is 7.45. The summed E-state index contributed by atoms with van der Waals surface area (Å²) in [5.41, 5.74) is 3.99. The molecule has 1 fully saturated rings. The van der Waals surface area contributed by atoms with Crippen LogP contribution in [-0.4, -0.2) is 35.0 Å². The molecule has 1 atom stereocenters. The Morgan fingerprint density at radius 1 is 1.09 bits per heavy atom. The van der Waals surface area contributed by atoms with Gasteiger partial charge in [0.1, 0.15) is 5.76 Å². The quantitative estimate of drug-likeness (QED) is 0.383. The molecule has 5 heteroatoms. The topological polar surface area (TPSA) is 57.1 Å². The summed E-state index contributed by atoms with van der Waals surface area (Å²) in [4.78, 5) is 10.4. The van der Waals surface area contributed by atoms with Gasteiger partial charge in [0.2, 0.25) is 5.89 Å². The van der Waals surface area contributed by atoms with Gasteiger partial charge in [-0.3, -0.25) is 4.90 Å². The summed E-state index contributed by atoms with van der Waals surface area (Å²) >= 11 is 0. The van der Waals surface area contributed by atoms with Crippen LogP contribution in [0.2, 0.25) is 0 Å². The van der Waals surface area contributed by atoms with Gasteiger partial charge in [-0.1, -0.05) is 48.5 Å². The molecule has 4 aromatic rings. The Balaban J connectivity index is 1.35. The van der Waals surface area contributed by atoms with Crippen molar-refractivity contribution in [3.8, 4) is 0 Å². The van der Waals surface area contributed by atoms with Crippen LogP contribution in [0.1, 0.15) is 54.5 Å². The Bertz CT molecular complexity index is 1180. The standard InChI is InChI=1S/C28H34N4O/c1-20-18-30-27(33-20)26(17-21-19-29-25-12-8-7-11-24(21)25)31-23-13-15-28(16-14-23,32(2)3)22-9-5-4-6-10-22/h4-12,18-19,23,26,29,31H,13-17H2,1-3H3/t23?,26-,28?/m0/s1. The van der Waals surface area contributed by atoms with Gasteiger partial charge in [0.05, 0.1) is 12.2 Å². The van der Waals surface area contributed by atoms with E-state index in [1.807, 2.05) is 13.1 Å². The van der Waals surface area contributed by atoms with E-state index in [2.05, 4.69) is 95.1 Å². The predicted molar refractivity (Wildman–Crippen MR) is 133 cm³/mol. The summed E-state index contributed by atoms with van der Waals surface area (Å²) in [5, 5.41) is 5.20. The van der Waals surface area contributed by atoms with Crippen molar-refractivity contribution in [1.82, 2.24) is 20.2 Å². The van der Waals surface area contributed by atoms with Crippen molar-refractivity contribution >= 4 is 10.9 Å². The van der Waals surface area contributed by atoms with E-state index < -0.39 is 0 Å². The highest BCUT2D eigenvalue weighted by atomic mass is 16.4. The molecule has 172 valence electrons. The van der Waals surface area contributed by atoms with Crippen LogP contribution < -0.4 is 5.32 Å². The SMILES string of the molecule is Cc1cnc([C@H](Cc2c[nH]c3ccccc23)NC2CCC(c3ccccc3)(N(C)C)CC2)o1. The van der Waals surface area contributed by atoms with Crippen molar-refractivity contribution in [2.24, 2.45) is 0 Å². The van der Waals surface area contributed by atoms with Crippen LogP contribution in [0.3, 0.4) is 0 Å². The third kappa shape index (κ3) is 4.35. The van der Waals surface area contributed by atoms with Crippen LogP contribution >= 0.6 is 0 Å². The Morgan fingerprint density at radius 3 is 2.52 bits per heavy atom. The predicted octanol–water partition coefficient (Wildman–Crippen LogP) is 5.74. The number of aromatic amines is 1. The molecule has 0 radical (unpaired) electrons. The number of nitrogens with zero attached hydrogens (tertiary/aromatic N) is 2. The Kier molecular flexibility index (Phi) is 6.09. The molecule has 2 N–H and O–H groups in total. The van der Waals surface area contributed by atoms with Gasteiger partial charge >= 0.3 is 0 Å². The third-order valence-corrected chi connectivity index (χ3v) is 7.45. The second-order valence-corrected chi connectivity index (χ2v) is 9.66. The number of para-hydroxylation sites is 1. The van der Waals surface area contributed by atoms with Crippen LogP contribution in [0.15, 0.2) is 71.4 Å². The molecule has 2 aromatic heterocycles. The van der Waals surface area contributed by atoms with E-state index in [1.165, 1.54) is 22.0 Å². The second kappa shape index (κ2) is 9.16. The molecule has 5 nitrogen and oxygen atoms in total. The maximum Gasteiger partial charge on any atom is 0.211 e. The minimum atomic E-state index is 0.0477. The summed E-state index contributed by atoms with van der Waals surface area (Å²) in [5.74, 6) is 1.64. The smallest absolute Gasteiger partial charge is 0.211 e. The number of H-pyrrole nitrogens is 1. The molecule has 0 bridgehead atoms. The molecule has 2 heterocycles. The normalized spacial score (nSPS) is 22.1. The molecule has 0 spiro atoms. The van der Waals surface area contributed by atoms with E-state index in [-0.39, 0.29) is 11.6 Å². The Hall–Kier alpha value is -2.89. The minimum Gasteiger partial charge on any atom is -0.444 e. The van der Waals surface area contributed by atoms with Crippen molar-refractivity contribution < 1.29 is 4.42 Å². The van der Waals surface area contributed by atoms with Crippen molar-refractivity contribution in [3.63, 3.8) is 0 Å². The van der Waals surface area contributed by atoms with Crippen LogP contribution in [0, 0.1) is 6.92 Å². The fraction of sp³-hybridized carbons (Fsp3) is 0.393. The van der Waals surface area contributed by atoms with Crippen molar-refractivity contribution in [3.05, 3.63) is 89.8 Å². The Morgan fingerprint density at radius 2 is 1.82 bits per heavy atom. The van der Waals surface area contributed by atoms with Crippen molar-refractivity contribution in [2.45, 2.75) is 56.7 Å². The van der Waals surface area contributed by atoms with Crippen molar-refractivity contribution in [2.75, 3.05) is 14.1 Å². The number of aryl methyl sites for hydroxylation is 1. The van der Waals surface area contributed by atoms with Gasteiger partial charge < -0.3 is 14.7 Å². The second-order valence-electron chi connectivity index (χ2n) is 9.66. The fourth-order valence-electron chi connectivity index (χ4n) is 5.56. The number of fused-ring (bicyclic) bond motifs is 1. The average Bonchev–Trinajstić information content (AvgIpc) is 3.46. The highest BCUT2D eigenvalue weighted by Gasteiger charge is 2.39. The first-order valence-electron chi connectivity index (χ1n) is 12.0. The molecule has 2 aromatic carbocycles. The summed E-state index contributed by atoms with van der Waals surface area (Å²) in [6.45, 7) is 1.96. The highest BCUT2D eigenvalue weighted by Crippen LogP contribution is 2.41. The molecule has 0 amide bonds. The number of oxazole rings is 1. The number of hydrogen-bond donors (Lipinski definition) is 2. The molecule has 0 saturated heterocycles. The molecular weight excluding hydrogens is 408 g/mol. The maximum absolute atomic E-state index is 6.00. The van der Waals surface area contributed by atoms with Gasteiger partial charge in [0.25, 0.3) is 0 Å². The summed E-state index contributed by atoms with van der Waals surface area (Å²) in [6, 6.07) is 20.0. The number of benzene rings is 2. The lowest BCUT2D eigenvalue weighted by molar-refractivity contribution is 0.0823. The van der Waals surface area contributed by atoms with Gasteiger partial charge in [-0.2, -0.15) is 0 Å². The Labute approximate surface area is 196 Å². The summed E-state index contributed by atoms with van der Waals surface area (Å²) in [7, 11) is 4.44. The van der Waals surface area contributed by atoms with E-state index in [4.69, 9.17) is 4.42 Å². The molecule has 5 rings (SSSR count). The van der Waals surface area contributed by atoms with Gasteiger partial charge in [-0.05, 0) is 70.3 Å². The lowest BCUT2D eigenvalue weighted by Crippen LogP contribution is -2.48. The number of hydrogen-bond acceptors (Lipinski definition) is 4. The van der Waals surface area contributed by atoms with Gasteiger partial charge in [0, 0.05) is 28.7 Å². The summed E-state index contributed by atoms with van der Waals surface area (Å²) in [6.07, 6.45) is 9.31. The van der Waals surface area contributed by atoms with Crippen LogP contribution in [0.4, 0.5) is 0 Å². The van der Waals surface area contributed by atoms with E-state index in [0.717, 1.165) is 43.8 Å². The lowest BCUT2D eigenvalue weighted by atomic mass is 9.74. The van der Waals surface area contributed by atoms with Gasteiger partial charge in [0.15, 0.2) is 0 Å². The molecular formula is C28H34N4O. The van der Waals surface area contributed by atoms with E-state index in [9.17, 15) is 0 Å². The first-order chi connectivity index (χ1) is 16.0. The van der Waals surface area contributed by atoms with Gasteiger partial charge in [-0.25, -0.2) is 4.98 Å². The average molecular weight is 443 g/mol. The fourth-order valence-corrected chi connectivity index (χ4v) is 5.56. The van der Waals surface area contributed by atoms with Crippen LogP contribution in [0.25, 0.3) is 10.9 Å². The zero-order valence-electron chi connectivity index (χ0n) is 19.8. The zero-order chi connectivity index (χ0) is 22.8. The van der Waals surface area contributed by atoms with E-state index in [1.54, 1.807) is 0 Å². The largest absolute Gasteiger partial charge is 0.444 e. The van der Waals surface area contributed by atoms with Crippen LogP contribution in [0.5, 0.6) is 0 Å². The molecule has 0 unspecified atom stereocenters. The lowest BCUT2D eigenvalue weighted by Gasteiger charge is -2.46. The molecule has 1 aliphatic carbocycles. The van der Waals surface area contributed by atoms with E-state index in [0.29, 0.717) is 6.04 Å². The molecule has 1 aliphatic rings. The minimum absolute atomic E-state index is 0.0477.